The van der Waals surface area contributed by atoms with Crippen molar-refractivity contribution in [1.29, 1.82) is 0 Å². The molecule has 0 saturated heterocycles. The largest absolute Gasteiger partial charge is 0.497 e. The fourth-order valence-electron chi connectivity index (χ4n) is 3.14. The second-order valence-corrected chi connectivity index (χ2v) is 5.69. The van der Waals surface area contributed by atoms with E-state index in [2.05, 4.69) is 48.6 Å². The summed E-state index contributed by atoms with van der Waals surface area (Å²) in [4.78, 5) is 0. The van der Waals surface area contributed by atoms with Crippen LogP contribution in [0.2, 0.25) is 0 Å². The average Bonchev–Trinajstić information content (AvgIpc) is 2.84. The van der Waals surface area contributed by atoms with Crippen LogP contribution in [0.3, 0.4) is 0 Å². The Morgan fingerprint density at radius 3 is 2.67 bits per heavy atom. The van der Waals surface area contributed by atoms with Crippen LogP contribution in [0.25, 0.3) is 0 Å². The van der Waals surface area contributed by atoms with Crippen molar-refractivity contribution in [2.24, 2.45) is 5.73 Å². The van der Waals surface area contributed by atoms with Gasteiger partial charge in [-0.15, -0.1) is 0 Å². The van der Waals surface area contributed by atoms with Crippen molar-refractivity contribution < 1.29 is 4.74 Å². The summed E-state index contributed by atoms with van der Waals surface area (Å²) in [6.45, 7) is 2.18. The third-order valence-electron chi connectivity index (χ3n) is 4.31. The highest BCUT2D eigenvalue weighted by Crippen LogP contribution is 2.38. The van der Waals surface area contributed by atoms with Crippen molar-refractivity contribution in [3.63, 3.8) is 0 Å². The Hall–Kier alpha value is -1.84. The van der Waals surface area contributed by atoms with Crippen LogP contribution < -0.4 is 15.8 Å². The first kappa shape index (κ1) is 14.1. The smallest absolute Gasteiger partial charge is 0.119 e. The third-order valence-corrected chi connectivity index (χ3v) is 4.31. The molecule has 2 aromatic carbocycles. The highest BCUT2D eigenvalue weighted by Gasteiger charge is 2.29. The van der Waals surface area contributed by atoms with Gasteiger partial charge < -0.3 is 15.8 Å². The molecule has 3 atom stereocenters. The first-order valence-corrected chi connectivity index (χ1v) is 7.43. The average molecular weight is 282 g/mol. The van der Waals surface area contributed by atoms with E-state index in [1.807, 2.05) is 12.1 Å². The summed E-state index contributed by atoms with van der Waals surface area (Å²) in [6.07, 6.45) is 0.952. The van der Waals surface area contributed by atoms with Crippen molar-refractivity contribution in [1.82, 2.24) is 5.32 Å². The molecule has 0 aliphatic heterocycles. The molecule has 0 amide bonds. The van der Waals surface area contributed by atoms with E-state index in [0.29, 0.717) is 6.04 Å². The summed E-state index contributed by atoms with van der Waals surface area (Å²) in [5.41, 5.74) is 10.1. The highest BCUT2D eigenvalue weighted by atomic mass is 16.5. The van der Waals surface area contributed by atoms with Crippen LogP contribution >= 0.6 is 0 Å². The maximum absolute atomic E-state index is 6.24. The number of rotatable bonds is 4. The second-order valence-electron chi connectivity index (χ2n) is 5.69. The fourth-order valence-corrected chi connectivity index (χ4v) is 3.14. The van der Waals surface area contributed by atoms with Gasteiger partial charge in [-0.2, -0.15) is 0 Å². The molecule has 1 aliphatic carbocycles. The zero-order chi connectivity index (χ0) is 14.8. The van der Waals surface area contributed by atoms with Gasteiger partial charge in [-0.1, -0.05) is 36.4 Å². The molecular weight excluding hydrogens is 260 g/mol. The first-order valence-electron chi connectivity index (χ1n) is 7.43. The van der Waals surface area contributed by atoms with E-state index in [0.717, 1.165) is 12.2 Å². The van der Waals surface area contributed by atoms with Gasteiger partial charge in [0.1, 0.15) is 5.75 Å². The molecule has 3 nitrogen and oxygen atoms in total. The predicted octanol–water partition coefficient (Wildman–Crippen LogP) is 3.49. The van der Waals surface area contributed by atoms with Gasteiger partial charge >= 0.3 is 0 Å². The lowest BCUT2D eigenvalue weighted by Crippen LogP contribution is -2.23. The minimum absolute atomic E-state index is 0.135. The molecule has 3 unspecified atom stereocenters. The number of nitrogens with two attached hydrogens (primary N) is 1. The normalized spacial score (nSPS) is 21.9. The quantitative estimate of drug-likeness (QED) is 0.902. The Labute approximate surface area is 126 Å². The summed E-state index contributed by atoms with van der Waals surface area (Å²) < 4.78 is 5.30. The predicted molar refractivity (Wildman–Crippen MR) is 85.3 cm³/mol. The van der Waals surface area contributed by atoms with Crippen molar-refractivity contribution in [2.75, 3.05) is 7.11 Å². The van der Waals surface area contributed by atoms with Crippen LogP contribution in [-0.4, -0.2) is 7.11 Å². The molecule has 0 bridgehead atoms. The van der Waals surface area contributed by atoms with Gasteiger partial charge in [0.25, 0.3) is 0 Å². The van der Waals surface area contributed by atoms with Gasteiger partial charge in [0, 0.05) is 18.1 Å². The molecule has 3 heteroatoms. The third kappa shape index (κ3) is 2.80. The van der Waals surface area contributed by atoms with Crippen LogP contribution in [0.4, 0.5) is 0 Å². The van der Waals surface area contributed by atoms with Crippen molar-refractivity contribution in [3.05, 3.63) is 65.2 Å². The van der Waals surface area contributed by atoms with E-state index in [-0.39, 0.29) is 12.1 Å². The van der Waals surface area contributed by atoms with Crippen LogP contribution in [-0.2, 0) is 0 Å². The Bertz CT molecular complexity index is 626. The monoisotopic (exact) mass is 282 g/mol. The van der Waals surface area contributed by atoms with Crippen LogP contribution in [0.1, 0.15) is 48.2 Å². The first-order chi connectivity index (χ1) is 10.2. The van der Waals surface area contributed by atoms with Gasteiger partial charge in [-0.25, -0.2) is 0 Å². The maximum Gasteiger partial charge on any atom is 0.119 e. The summed E-state index contributed by atoms with van der Waals surface area (Å²) in [5.74, 6) is 0.893. The van der Waals surface area contributed by atoms with Gasteiger partial charge in [-0.3, -0.25) is 0 Å². The summed E-state index contributed by atoms with van der Waals surface area (Å²) in [5, 5.41) is 3.70. The Balaban J connectivity index is 1.78. The maximum atomic E-state index is 6.24. The van der Waals surface area contributed by atoms with Crippen molar-refractivity contribution in [2.45, 2.75) is 31.5 Å². The molecule has 0 aromatic heterocycles. The molecule has 2 aromatic rings. The lowest BCUT2D eigenvalue weighted by atomic mass is 10.0. The molecule has 3 rings (SSSR count). The Kier molecular flexibility index (Phi) is 3.95. The topological polar surface area (TPSA) is 47.3 Å². The van der Waals surface area contributed by atoms with E-state index in [1.165, 1.54) is 16.7 Å². The number of nitrogens with one attached hydrogen (secondary N) is 1. The molecule has 0 saturated carbocycles. The van der Waals surface area contributed by atoms with Crippen molar-refractivity contribution in [3.8, 4) is 5.75 Å². The van der Waals surface area contributed by atoms with Crippen LogP contribution in [0, 0.1) is 0 Å². The summed E-state index contributed by atoms with van der Waals surface area (Å²) in [7, 11) is 1.70. The Morgan fingerprint density at radius 1 is 1.14 bits per heavy atom. The molecule has 0 radical (unpaired) electrons. The standard InChI is InChI=1S/C18H22N2O/c1-12(13-6-5-7-14(10-13)21-2)20-18-11-17(19)15-8-3-4-9-16(15)18/h3-10,12,17-18,20H,11,19H2,1-2H3. The number of hydrogen-bond acceptors (Lipinski definition) is 3. The van der Waals surface area contributed by atoms with E-state index in [1.54, 1.807) is 7.11 Å². The van der Waals surface area contributed by atoms with E-state index < -0.39 is 0 Å². The minimum atomic E-state index is 0.135. The van der Waals surface area contributed by atoms with Gasteiger partial charge in [0.15, 0.2) is 0 Å². The molecule has 110 valence electrons. The molecule has 0 spiro atoms. The van der Waals surface area contributed by atoms with Crippen LogP contribution in [0.5, 0.6) is 5.75 Å². The van der Waals surface area contributed by atoms with Crippen LogP contribution in [0.15, 0.2) is 48.5 Å². The summed E-state index contributed by atoms with van der Waals surface area (Å²) >= 11 is 0. The number of ether oxygens (including phenoxy) is 1. The fraction of sp³-hybridized carbons (Fsp3) is 0.333. The second kappa shape index (κ2) is 5.88. The number of benzene rings is 2. The van der Waals surface area contributed by atoms with E-state index in [4.69, 9.17) is 10.5 Å². The molecule has 3 N–H and O–H groups in total. The lowest BCUT2D eigenvalue weighted by molar-refractivity contribution is 0.410. The summed E-state index contributed by atoms with van der Waals surface area (Å²) in [6, 6.07) is 17.4. The molecule has 0 fully saturated rings. The molecule has 1 aliphatic rings. The lowest BCUT2D eigenvalue weighted by Gasteiger charge is -2.21. The number of methoxy groups -OCH3 is 1. The van der Waals surface area contributed by atoms with E-state index >= 15 is 0 Å². The zero-order valence-corrected chi connectivity index (χ0v) is 12.5. The number of fused-ring (bicyclic) bond motifs is 1. The molecular formula is C18H22N2O. The van der Waals surface area contributed by atoms with Gasteiger partial charge in [-0.05, 0) is 42.2 Å². The zero-order valence-electron chi connectivity index (χ0n) is 12.5. The number of hydrogen-bond donors (Lipinski definition) is 2. The SMILES string of the molecule is COc1cccc(C(C)NC2CC(N)c3ccccc32)c1. The van der Waals surface area contributed by atoms with Gasteiger partial charge in [0.2, 0.25) is 0 Å². The van der Waals surface area contributed by atoms with Crippen molar-refractivity contribution >= 4 is 0 Å². The van der Waals surface area contributed by atoms with E-state index in [9.17, 15) is 0 Å². The molecule has 0 heterocycles. The highest BCUT2D eigenvalue weighted by molar-refractivity contribution is 5.38. The molecule has 21 heavy (non-hydrogen) atoms. The minimum Gasteiger partial charge on any atom is -0.497 e. The van der Waals surface area contributed by atoms with Gasteiger partial charge in [0.05, 0.1) is 7.11 Å². The Morgan fingerprint density at radius 2 is 1.90 bits per heavy atom.